The van der Waals surface area contributed by atoms with Crippen LogP contribution in [-0.2, 0) is 28.0 Å². The van der Waals surface area contributed by atoms with Gasteiger partial charge >= 0.3 is 5.97 Å². The number of ether oxygens (including phenoxy) is 2. The molecule has 0 fully saturated rings. The van der Waals surface area contributed by atoms with Crippen molar-refractivity contribution in [3.63, 3.8) is 0 Å². The molecule has 2 aromatic carbocycles. The van der Waals surface area contributed by atoms with Crippen molar-refractivity contribution in [3.8, 4) is 5.75 Å². The molecule has 0 amide bonds. The lowest BCUT2D eigenvalue weighted by atomic mass is 9.87. The Morgan fingerprint density at radius 3 is 2.04 bits per heavy atom. The molecule has 0 aromatic heterocycles. The molecule has 0 aliphatic carbocycles. The van der Waals surface area contributed by atoms with Crippen LogP contribution in [0.1, 0.15) is 37.5 Å². The van der Waals surface area contributed by atoms with Crippen LogP contribution in [0, 0.1) is 0 Å². The fourth-order valence-corrected chi connectivity index (χ4v) is 2.48. The van der Waals surface area contributed by atoms with E-state index in [2.05, 4.69) is 49.8 Å². The summed E-state index contributed by atoms with van der Waals surface area (Å²) in [7, 11) is 1.34. The summed E-state index contributed by atoms with van der Waals surface area (Å²) in [5, 5.41) is 0. The molecule has 2 N–H and O–H groups in total. The zero-order valence-corrected chi connectivity index (χ0v) is 16.6. The molecular weight excluding hydrogens is 350 g/mol. The van der Waals surface area contributed by atoms with Gasteiger partial charge in [0.1, 0.15) is 18.4 Å². The number of carbonyl (C=O) groups excluding carboxylic acids is 1. The minimum Gasteiger partial charge on any atom is -0.489 e. The number of carbonyl (C=O) groups is 1. The zero-order valence-electron chi connectivity index (χ0n) is 15.8. The summed E-state index contributed by atoms with van der Waals surface area (Å²) in [5.41, 5.74) is 9.33. The van der Waals surface area contributed by atoms with Gasteiger partial charge < -0.3 is 15.2 Å². The van der Waals surface area contributed by atoms with Gasteiger partial charge in [-0.3, -0.25) is 4.79 Å². The minimum absolute atomic E-state index is 0. The predicted molar refractivity (Wildman–Crippen MR) is 107 cm³/mol. The maximum Gasteiger partial charge on any atom is 0.322 e. The summed E-state index contributed by atoms with van der Waals surface area (Å²) in [6.45, 7) is 7.12. The van der Waals surface area contributed by atoms with E-state index >= 15 is 0 Å². The van der Waals surface area contributed by atoms with Gasteiger partial charge in [0.15, 0.2) is 0 Å². The van der Waals surface area contributed by atoms with Crippen molar-refractivity contribution in [1.82, 2.24) is 0 Å². The van der Waals surface area contributed by atoms with Gasteiger partial charge in [-0.25, -0.2) is 0 Å². The molecule has 1 atom stereocenters. The average Bonchev–Trinajstić information content (AvgIpc) is 2.60. The lowest BCUT2D eigenvalue weighted by Crippen LogP contribution is -2.33. The van der Waals surface area contributed by atoms with Crippen molar-refractivity contribution in [2.24, 2.45) is 5.73 Å². The molecule has 4 nitrogen and oxygen atoms in total. The van der Waals surface area contributed by atoms with Gasteiger partial charge in [-0.2, -0.15) is 0 Å². The summed E-state index contributed by atoms with van der Waals surface area (Å²) in [6.07, 6.45) is 0.446. The number of halogens is 1. The Kier molecular flexibility index (Phi) is 8.12. The Hall–Kier alpha value is -2.04. The number of hydrogen-bond donors (Lipinski definition) is 1. The second kappa shape index (κ2) is 9.60. The topological polar surface area (TPSA) is 61.5 Å². The molecular formula is C21H28ClNO3. The monoisotopic (exact) mass is 377 g/mol. The van der Waals surface area contributed by atoms with E-state index in [9.17, 15) is 4.79 Å². The second-order valence-electron chi connectivity index (χ2n) is 7.21. The maximum absolute atomic E-state index is 11.4. The highest BCUT2D eigenvalue weighted by Crippen LogP contribution is 2.22. The fourth-order valence-electron chi connectivity index (χ4n) is 2.48. The van der Waals surface area contributed by atoms with E-state index in [1.165, 1.54) is 12.7 Å². The Balaban J connectivity index is 0.00000338. The molecule has 2 rings (SSSR count). The second-order valence-corrected chi connectivity index (χ2v) is 7.21. The van der Waals surface area contributed by atoms with Crippen LogP contribution in [0.2, 0.25) is 0 Å². The molecule has 0 bridgehead atoms. The Bertz CT molecular complexity index is 691. The molecule has 0 spiro atoms. The summed E-state index contributed by atoms with van der Waals surface area (Å²) >= 11 is 0. The van der Waals surface area contributed by atoms with Gasteiger partial charge in [0.2, 0.25) is 0 Å². The first kappa shape index (κ1) is 22.0. The number of esters is 1. The Morgan fingerprint density at radius 2 is 1.54 bits per heavy atom. The molecule has 2 aromatic rings. The highest BCUT2D eigenvalue weighted by atomic mass is 35.5. The average molecular weight is 378 g/mol. The fraction of sp³-hybridized carbons (Fsp3) is 0.381. The summed E-state index contributed by atoms with van der Waals surface area (Å²) < 4.78 is 10.5. The lowest BCUT2D eigenvalue weighted by Gasteiger charge is -2.19. The van der Waals surface area contributed by atoms with Crippen LogP contribution in [-0.4, -0.2) is 19.1 Å². The van der Waals surface area contributed by atoms with Gasteiger partial charge in [-0.15, -0.1) is 12.4 Å². The highest BCUT2D eigenvalue weighted by molar-refractivity contribution is 5.85. The molecule has 0 unspecified atom stereocenters. The Labute approximate surface area is 162 Å². The molecule has 26 heavy (non-hydrogen) atoms. The van der Waals surface area contributed by atoms with Crippen molar-refractivity contribution in [3.05, 3.63) is 65.2 Å². The third-order valence-electron chi connectivity index (χ3n) is 4.11. The van der Waals surface area contributed by atoms with E-state index in [-0.39, 0.29) is 17.8 Å². The standard InChI is InChI=1S/C21H27NO3.ClH/c1-21(2,3)17-9-5-16(6-10-17)14-25-18-11-7-15(8-12-18)13-19(22)20(23)24-4;/h5-12,19H,13-14,22H2,1-4H3;1H/t19-;/m0./s1. The van der Waals surface area contributed by atoms with Crippen LogP contribution in [0.25, 0.3) is 0 Å². The Morgan fingerprint density at radius 1 is 1.00 bits per heavy atom. The van der Waals surface area contributed by atoms with E-state index in [4.69, 9.17) is 10.5 Å². The van der Waals surface area contributed by atoms with Crippen LogP contribution in [0.5, 0.6) is 5.75 Å². The number of rotatable bonds is 6. The lowest BCUT2D eigenvalue weighted by molar-refractivity contribution is -0.142. The van der Waals surface area contributed by atoms with Gasteiger partial charge in [-0.1, -0.05) is 57.2 Å². The normalized spacial score (nSPS) is 12.0. The largest absolute Gasteiger partial charge is 0.489 e. The van der Waals surface area contributed by atoms with Crippen LogP contribution in [0.3, 0.4) is 0 Å². The van der Waals surface area contributed by atoms with Crippen LogP contribution < -0.4 is 10.5 Å². The van der Waals surface area contributed by atoms with Crippen molar-refractivity contribution in [2.45, 2.75) is 45.3 Å². The van der Waals surface area contributed by atoms with Gasteiger partial charge in [-0.05, 0) is 40.7 Å². The molecule has 0 radical (unpaired) electrons. The summed E-state index contributed by atoms with van der Waals surface area (Å²) in [4.78, 5) is 11.4. The smallest absolute Gasteiger partial charge is 0.322 e. The van der Waals surface area contributed by atoms with Crippen LogP contribution >= 0.6 is 12.4 Å². The first-order valence-corrected chi connectivity index (χ1v) is 8.44. The first-order valence-electron chi connectivity index (χ1n) is 8.44. The third kappa shape index (κ3) is 6.36. The van der Waals surface area contributed by atoms with Crippen molar-refractivity contribution in [2.75, 3.05) is 7.11 Å². The number of benzene rings is 2. The third-order valence-corrected chi connectivity index (χ3v) is 4.11. The number of hydrogen-bond acceptors (Lipinski definition) is 4. The van der Waals surface area contributed by atoms with E-state index in [1.54, 1.807) is 0 Å². The SMILES string of the molecule is COC(=O)[C@@H](N)Cc1ccc(OCc2ccc(C(C)(C)C)cc2)cc1.Cl. The molecule has 0 saturated carbocycles. The van der Waals surface area contributed by atoms with Crippen molar-refractivity contribution < 1.29 is 14.3 Å². The van der Waals surface area contributed by atoms with E-state index in [0.717, 1.165) is 16.9 Å². The molecule has 0 saturated heterocycles. The maximum atomic E-state index is 11.4. The van der Waals surface area contributed by atoms with E-state index in [0.29, 0.717) is 13.0 Å². The van der Waals surface area contributed by atoms with Crippen LogP contribution in [0.15, 0.2) is 48.5 Å². The van der Waals surface area contributed by atoms with Crippen molar-refractivity contribution >= 4 is 18.4 Å². The molecule has 0 aliphatic heterocycles. The quantitative estimate of drug-likeness (QED) is 0.772. The predicted octanol–water partition coefficient (Wildman–Crippen LogP) is 4.03. The number of nitrogens with two attached hydrogens (primary N) is 1. The summed E-state index contributed by atoms with van der Waals surface area (Å²) in [6, 6.07) is 15.5. The molecule has 0 heterocycles. The first-order chi connectivity index (χ1) is 11.8. The van der Waals surface area contributed by atoms with Crippen molar-refractivity contribution in [1.29, 1.82) is 0 Å². The molecule has 5 heteroatoms. The molecule has 0 aliphatic rings. The van der Waals surface area contributed by atoms with Gasteiger partial charge in [0, 0.05) is 0 Å². The van der Waals surface area contributed by atoms with Crippen LogP contribution in [0.4, 0.5) is 0 Å². The highest BCUT2D eigenvalue weighted by Gasteiger charge is 2.14. The minimum atomic E-state index is -0.641. The molecule has 142 valence electrons. The summed E-state index contributed by atoms with van der Waals surface area (Å²) in [5.74, 6) is 0.384. The van der Waals surface area contributed by atoms with Gasteiger partial charge in [0.25, 0.3) is 0 Å². The van der Waals surface area contributed by atoms with E-state index in [1.807, 2.05) is 24.3 Å². The zero-order chi connectivity index (χ0) is 18.4. The van der Waals surface area contributed by atoms with Gasteiger partial charge in [0.05, 0.1) is 7.11 Å². The van der Waals surface area contributed by atoms with E-state index < -0.39 is 12.0 Å². The number of methoxy groups -OCH3 is 1.